The highest BCUT2D eigenvalue weighted by molar-refractivity contribution is 9.10. The number of halogens is 4. The van der Waals surface area contributed by atoms with Crippen molar-refractivity contribution in [1.82, 2.24) is 5.43 Å². The van der Waals surface area contributed by atoms with Gasteiger partial charge in [0, 0.05) is 15.7 Å². The highest BCUT2D eigenvalue weighted by atomic mass is 79.9. The first kappa shape index (κ1) is 26.7. The van der Waals surface area contributed by atoms with Gasteiger partial charge in [0.15, 0.2) is 11.5 Å². The van der Waals surface area contributed by atoms with Gasteiger partial charge in [-0.1, -0.05) is 33.6 Å². The fraction of sp³-hybridized carbons (Fsp3) is 0.125. The van der Waals surface area contributed by atoms with E-state index in [0.717, 1.165) is 10.0 Å². The average Bonchev–Trinajstić information content (AvgIpc) is 2.81. The van der Waals surface area contributed by atoms with Crippen LogP contribution >= 0.6 is 43.5 Å². The Bertz CT molecular complexity index is 1280. The Labute approximate surface area is 222 Å². The number of rotatable bonds is 7. The third kappa shape index (κ3) is 7.03. The zero-order valence-corrected chi connectivity index (χ0v) is 22.4. The number of hydrazone groups is 1. The Hall–Kier alpha value is -2.95. The van der Waals surface area contributed by atoms with Crippen molar-refractivity contribution >= 4 is 67.2 Å². The summed E-state index contributed by atoms with van der Waals surface area (Å²) in [7, 11) is 1.45. The lowest BCUT2D eigenvalue weighted by molar-refractivity contribution is -0.136. The molecule has 3 aromatic rings. The molecule has 0 atom stereocenters. The largest absolute Gasteiger partial charge is 0.493 e. The molecule has 3 aromatic carbocycles. The highest BCUT2D eigenvalue weighted by Gasteiger charge is 2.16. The first-order valence-electron chi connectivity index (χ1n) is 10.0. The van der Waals surface area contributed by atoms with Gasteiger partial charge in [0.05, 0.1) is 22.8 Å². The van der Waals surface area contributed by atoms with Gasteiger partial charge >= 0.3 is 11.8 Å². The van der Waals surface area contributed by atoms with E-state index in [2.05, 4.69) is 47.7 Å². The third-order valence-electron chi connectivity index (χ3n) is 4.70. The van der Waals surface area contributed by atoms with Crippen molar-refractivity contribution in [1.29, 1.82) is 0 Å². The minimum absolute atomic E-state index is 0.114. The summed E-state index contributed by atoms with van der Waals surface area (Å²) in [5, 5.41) is 6.61. The zero-order valence-electron chi connectivity index (χ0n) is 18.5. The summed E-state index contributed by atoms with van der Waals surface area (Å²) >= 11 is 12.8. The van der Waals surface area contributed by atoms with E-state index in [1.54, 1.807) is 37.3 Å². The van der Waals surface area contributed by atoms with Gasteiger partial charge in [-0.2, -0.15) is 5.10 Å². The van der Waals surface area contributed by atoms with E-state index in [0.29, 0.717) is 27.2 Å². The van der Waals surface area contributed by atoms with Gasteiger partial charge in [-0.05, 0) is 76.4 Å². The van der Waals surface area contributed by atoms with E-state index in [9.17, 15) is 14.0 Å². The molecule has 0 spiro atoms. The molecule has 0 aliphatic rings. The maximum atomic E-state index is 14.0. The van der Waals surface area contributed by atoms with Crippen LogP contribution in [0.3, 0.4) is 0 Å². The number of amides is 2. The third-order valence-corrected chi connectivity index (χ3v) is 6.13. The molecule has 0 aliphatic heterocycles. The summed E-state index contributed by atoms with van der Waals surface area (Å²) < 4.78 is 26.5. The van der Waals surface area contributed by atoms with Gasteiger partial charge in [0.1, 0.15) is 12.4 Å². The second-order valence-corrected chi connectivity index (χ2v) is 9.31. The van der Waals surface area contributed by atoms with Gasteiger partial charge < -0.3 is 14.8 Å². The quantitative estimate of drug-likeness (QED) is 0.192. The lowest BCUT2D eigenvalue weighted by Crippen LogP contribution is -2.32. The van der Waals surface area contributed by atoms with E-state index >= 15 is 0 Å². The number of nitrogens with one attached hydrogen (secondary N) is 2. The fourth-order valence-electron chi connectivity index (χ4n) is 2.93. The molecule has 7 nitrogen and oxygen atoms in total. The van der Waals surface area contributed by atoms with E-state index in [1.807, 2.05) is 6.07 Å². The minimum Gasteiger partial charge on any atom is -0.493 e. The van der Waals surface area contributed by atoms with Crippen LogP contribution in [-0.4, -0.2) is 25.1 Å². The Kier molecular flexibility index (Phi) is 9.25. The van der Waals surface area contributed by atoms with Crippen molar-refractivity contribution in [2.45, 2.75) is 13.5 Å². The lowest BCUT2D eigenvalue weighted by Gasteiger charge is -2.14. The van der Waals surface area contributed by atoms with Gasteiger partial charge in [-0.25, -0.2) is 9.82 Å². The summed E-state index contributed by atoms with van der Waals surface area (Å²) in [5.41, 5.74) is 4.23. The number of carbonyl (C=O) groups excluding carboxylic acids is 2. The molecule has 0 aliphatic carbocycles. The van der Waals surface area contributed by atoms with Crippen LogP contribution in [0.4, 0.5) is 10.1 Å². The van der Waals surface area contributed by atoms with Crippen molar-refractivity contribution in [2.24, 2.45) is 5.10 Å². The van der Waals surface area contributed by atoms with Gasteiger partial charge in [0.2, 0.25) is 0 Å². The number of aryl methyl sites for hydroxylation is 1. The smallest absolute Gasteiger partial charge is 0.329 e. The van der Waals surface area contributed by atoms with Crippen molar-refractivity contribution in [3.63, 3.8) is 0 Å². The monoisotopic (exact) mass is 625 g/mol. The molecule has 2 N–H and O–H groups in total. The minimum atomic E-state index is -0.934. The number of methoxy groups -OCH3 is 1. The molecule has 0 aromatic heterocycles. The Balaban J connectivity index is 1.65. The molecule has 0 saturated heterocycles. The summed E-state index contributed by atoms with van der Waals surface area (Å²) in [6.45, 7) is 1.69. The number of carbonyl (C=O) groups is 2. The van der Waals surface area contributed by atoms with Crippen LogP contribution in [0, 0.1) is 12.7 Å². The molecule has 0 fully saturated rings. The number of nitrogens with zero attached hydrogens (tertiary/aromatic N) is 1. The van der Waals surface area contributed by atoms with E-state index in [-0.39, 0.29) is 17.2 Å². The van der Waals surface area contributed by atoms with Gasteiger partial charge in [-0.3, -0.25) is 9.59 Å². The highest BCUT2D eigenvalue weighted by Crippen LogP contribution is 2.37. The SMILES string of the molecule is COc1cc(/C=N/NC(=O)C(=O)Nc2ccc(Br)cc2C)cc(Br)c1OCc1c(F)cccc1Cl. The van der Waals surface area contributed by atoms with Gasteiger partial charge in [-0.15, -0.1) is 0 Å². The fourth-order valence-corrected chi connectivity index (χ4v) is 4.20. The number of anilines is 1. The van der Waals surface area contributed by atoms with Crippen molar-refractivity contribution < 1.29 is 23.5 Å². The second kappa shape index (κ2) is 12.1. The first-order valence-corrected chi connectivity index (χ1v) is 12.0. The average molecular weight is 628 g/mol. The number of hydrogen-bond acceptors (Lipinski definition) is 5. The number of ether oxygens (including phenoxy) is 2. The predicted molar refractivity (Wildman–Crippen MR) is 140 cm³/mol. The standard InChI is InChI=1S/C24H19Br2ClFN3O4/c1-13-8-15(25)6-7-20(13)30-23(32)24(33)31-29-11-14-9-17(26)22(21(10-14)34-2)35-12-16-18(27)4-3-5-19(16)28/h3-11H,12H2,1-2H3,(H,30,32)(H,31,33)/b29-11+. The number of benzene rings is 3. The molecular formula is C24H19Br2ClFN3O4. The molecule has 0 heterocycles. The summed E-state index contributed by atoms with van der Waals surface area (Å²) in [4.78, 5) is 24.2. The molecule has 182 valence electrons. The van der Waals surface area contributed by atoms with Crippen molar-refractivity contribution in [3.8, 4) is 11.5 Å². The Morgan fingerprint density at radius 1 is 1.14 bits per heavy atom. The Morgan fingerprint density at radius 2 is 1.91 bits per heavy atom. The molecule has 2 amide bonds. The maximum absolute atomic E-state index is 14.0. The normalized spacial score (nSPS) is 10.8. The molecule has 0 radical (unpaired) electrons. The topological polar surface area (TPSA) is 89.0 Å². The van der Waals surface area contributed by atoms with Crippen LogP contribution in [-0.2, 0) is 16.2 Å². The van der Waals surface area contributed by atoms with Crippen LogP contribution in [0.15, 0.2) is 62.6 Å². The molecule has 0 unspecified atom stereocenters. The summed E-state index contributed by atoms with van der Waals surface area (Å²) in [5.74, 6) is -1.61. The molecular weight excluding hydrogens is 609 g/mol. The van der Waals surface area contributed by atoms with Crippen LogP contribution in [0.2, 0.25) is 5.02 Å². The van der Waals surface area contributed by atoms with Crippen LogP contribution in [0.5, 0.6) is 11.5 Å². The van der Waals surface area contributed by atoms with E-state index in [4.69, 9.17) is 21.1 Å². The maximum Gasteiger partial charge on any atom is 0.329 e. The van der Waals surface area contributed by atoms with E-state index in [1.165, 1.54) is 25.5 Å². The summed E-state index contributed by atoms with van der Waals surface area (Å²) in [6.07, 6.45) is 1.33. The lowest BCUT2D eigenvalue weighted by atomic mass is 10.2. The van der Waals surface area contributed by atoms with Crippen molar-refractivity contribution in [2.75, 3.05) is 12.4 Å². The van der Waals surface area contributed by atoms with E-state index < -0.39 is 17.6 Å². The second-order valence-electron chi connectivity index (χ2n) is 7.14. The zero-order chi connectivity index (χ0) is 25.5. The molecule has 11 heteroatoms. The molecule has 0 bridgehead atoms. The van der Waals surface area contributed by atoms with Crippen LogP contribution in [0.1, 0.15) is 16.7 Å². The predicted octanol–water partition coefficient (Wildman–Crippen LogP) is 5.99. The molecule has 35 heavy (non-hydrogen) atoms. The van der Waals surface area contributed by atoms with Crippen molar-refractivity contribution in [3.05, 3.63) is 85.0 Å². The molecule has 0 saturated carbocycles. The summed E-state index contributed by atoms with van der Waals surface area (Å²) in [6, 6.07) is 12.9. The van der Waals surface area contributed by atoms with Crippen LogP contribution < -0.4 is 20.2 Å². The Morgan fingerprint density at radius 3 is 2.60 bits per heavy atom. The first-order chi connectivity index (χ1) is 16.7. The molecule has 3 rings (SSSR count). The van der Waals surface area contributed by atoms with Gasteiger partial charge in [0.25, 0.3) is 0 Å². The number of hydrogen-bond donors (Lipinski definition) is 2. The van der Waals surface area contributed by atoms with Crippen LogP contribution in [0.25, 0.3) is 0 Å².